The number of fused-ring (bicyclic) bond motifs is 3. The molecule has 5 heteroatoms. The first-order chi connectivity index (χ1) is 9.78. The van der Waals surface area contributed by atoms with E-state index < -0.39 is 0 Å². The van der Waals surface area contributed by atoms with E-state index in [0.29, 0.717) is 5.69 Å². The highest BCUT2D eigenvalue weighted by atomic mass is 32.1. The first kappa shape index (κ1) is 12.3. The maximum absolute atomic E-state index is 12.3. The molecule has 3 atom stereocenters. The lowest BCUT2D eigenvalue weighted by molar-refractivity contribution is 0.0904. The third-order valence-corrected chi connectivity index (χ3v) is 5.17. The van der Waals surface area contributed by atoms with Crippen LogP contribution < -0.4 is 5.32 Å². The van der Waals surface area contributed by atoms with Crippen LogP contribution in [0.3, 0.4) is 0 Å². The van der Waals surface area contributed by atoms with Crippen molar-refractivity contribution in [3.05, 3.63) is 28.7 Å². The average molecular weight is 287 g/mol. The Morgan fingerprint density at radius 2 is 2.25 bits per heavy atom. The van der Waals surface area contributed by atoms with Crippen molar-refractivity contribution in [3.63, 3.8) is 0 Å². The van der Waals surface area contributed by atoms with Gasteiger partial charge in [-0.2, -0.15) is 11.3 Å². The normalized spacial score (nSPS) is 28.7. The van der Waals surface area contributed by atoms with Gasteiger partial charge in [0.25, 0.3) is 5.91 Å². The molecule has 2 aliphatic rings. The number of nitrogens with zero attached hydrogens (tertiary/aromatic N) is 2. The SMILES string of the molecule is O=C(NC1CC2CCN(C2)C1)c1cc2cscc2cn1. The first-order valence-electron chi connectivity index (χ1n) is 7.13. The van der Waals surface area contributed by atoms with Crippen LogP contribution >= 0.6 is 11.3 Å². The Labute approximate surface area is 121 Å². The van der Waals surface area contributed by atoms with Crippen LogP contribution in [0, 0.1) is 5.92 Å². The minimum absolute atomic E-state index is 0.0365. The van der Waals surface area contributed by atoms with Crippen LogP contribution in [0.25, 0.3) is 10.8 Å². The van der Waals surface area contributed by atoms with Crippen LogP contribution in [-0.4, -0.2) is 41.5 Å². The number of piperidine rings is 1. The summed E-state index contributed by atoms with van der Waals surface area (Å²) < 4.78 is 0. The van der Waals surface area contributed by atoms with Crippen LogP contribution in [0.5, 0.6) is 0 Å². The van der Waals surface area contributed by atoms with Crippen molar-refractivity contribution in [3.8, 4) is 0 Å². The molecule has 0 spiro atoms. The van der Waals surface area contributed by atoms with Gasteiger partial charge in [-0.15, -0.1) is 0 Å². The van der Waals surface area contributed by atoms with Crippen molar-refractivity contribution in [2.45, 2.75) is 18.9 Å². The molecule has 104 valence electrons. The molecule has 2 aliphatic heterocycles. The summed E-state index contributed by atoms with van der Waals surface area (Å²) in [6, 6.07) is 2.17. The van der Waals surface area contributed by atoms with E-state index in [4.69, 9.17) is 0 Å². The molecule has 4 nitrogen and oxygen atoms in total. The Bertz CT molecular complexity index is 641. The van der Waals surface area contributed by atoms with Gasteiger partial charge in [0.05, 0.1) is 0 Å². The standard InChI is InChI=1S/C15H17N3OS/c19-15(14-4-11-8-20-9-12(11)5-16-14)17-13-3-10-1-2-18(6-10)7-13/h4-5,8-10,13H,1-3,6-7H2,(H,17,19). The number of hydrogen-bond acceptors (Lipinski definition) is 4. The largest absolute Gasteiger partial charge is 0.347 e. The molecule has 3 unspecified atom stereocenters. The first-order valence-corrected chi connectivity index (χ1v) is 8.07. The molecule has 0 aromatic carbocycles. The molecule has 1 amide bonds. The smallest absolute Gasteiger partial charge is 0.270 e. The van der Waals surface area contributed by atoms with E-state index in [-0.39, 0.29) is 11.9 Å². The Morgan fingerprint density at radius 3 is 3.15 bits per heavy atom. The number of pyridine rings is 1. The molecule has 2 saturated heterocycles. The van der Waals surface area contributed by atoms with Crippen LogP contribution in [0.4, 0.5) is 0 Å². The second-order valence-corrected chi connectivity index (χ2v) is 6.63. The number of amides is 1. The number of aromatic nitrogens is 1. The van der Waals surface area contributed by atoms with Crippen molar-refractivity contribution in [1.82, 2.24) is 15.2 Å². The lowest BCUT2D eigenvalue weighted by atomic mass is 9.97. The van der Waals surface area contributed by atoms with Gasteiger partial charge in [-0.25, -0.2) is 0 Å². The minimum atomic E-state index is -0.0365. The van der Waals surface area contributed by atoms with Gasteiger partial charge in [-0.05, 0) is 42.1 Å². The third kappa shape index (κ3) is 2.21. The highest BCUT2D eigenvalue weighted by Gasteiger charge is 2.33. The zero-order valence-corrected chi connectivity index (χ0v) is 12.0. The maximum Gasteiger partial charge on any atom is 0.270 e. The summed E-state index contributed by atoms with van der Waals surface area (Å²) in [5.41, 5.74) is 0.531. The van der Waals surface area contributed by atoms with Crippen molar-refractivity contribution >= 4 is 28.0 Å². The van der Waals surface area contributed by atoms with Crippen molar-refractivity contribution in [2.75, 3.05) is 19.6 Å². The lowest BCUT2D eigenvalue weighted by Crippen LogP contribution is -2.47. The summed E-state index contributed by atoms with van der Waals surface area (Å²) in [6.45, 7) is 3.39. The van der Waals surface area contributed by atoms with E-state index >= 15 is 0 Å². The molecular weight excluding hydrogens is 270 g/mol. The molecular formula is C15H17N3OS. The Hall–Kier alpha value is -1.46. The van der Waals surface area contributed by atoms with E-state index in [1.54, 1.807) is 17.5 Å². The van der Waals surface area contributed by atoms with Gasteiger partial charge < -0.3 is 10.2 Å². The number of carbonyl (C=O) groups excluding carboxylic acids is 1. The summed E-state index contributed by atoms with van der Waals surface area (Å²) in [5, 5.41) is 9.47. The fourth-order valence-electron chi connectivity index (χ4n) is 3.41. The number of carbonyl (C=O) groups is 1. The predicted octanol–water partition coefficient (Wildman–Crippen LogP) is 2.12. The van der Waals surface area contributed by atoms with Gasteiger partial charge in [-0.3, -0.25) is 9.78 Å². The van der Waals surface area contributed by atoms with Crippen molar-refractivity contribution in [1.29, 1.82) is 0 Å². The van der Waals surface area contributed by atoms with Gasteiger partial charge in [-0.1, -0.05) is 0 Å². The Balaban J connectivity index is 1.49. The van der Waals surface area contributed by atoms with Crippen molar-refractivity contribution < 1.29 is 4.79 Å². The Morgan fingerprint density at radius 1 is 1.35 bits per heavy atom. The summed E-state index contributed by atoms with van der Waals surface area (Å²) >= 11 is 1.64. The second-order valence-electron chi connectivity index (χ2n) is 5.89. The van der Waals surface area contributed by atoms with E-state index in [2.05, 4.69) is 26.0 Å². The lowest BCUT2D eigenvalue weighted by Gasteiger charge is -2.30. The fourth-order valence-corrected chi connectivity index (χ4v) is 4.17. The van der Waals surface area contributed by atoms with Crippen LogP contribution in [0.1, 0.15) is 23.3 Å². The number of hydrogen-bond donors (Lipinski definition) is 1. The average Bonchev–Trinajstić information content (AvgIpc) is 3.04. The number of thiophene rings is 1. The molecule has 20 heavy (non-hydrogen) atoms. The van der Waals surface area contributed by atoms with Gasteiger partial charge in [0.2, 0.25) is 0 Å². The molecule has 2 aromatic rings. The van der Waals surface area contributed by atoms with Crippen LogP contribution in [0.2, 0.25) is 0 Å². The van der Waals surface area contributed by atoms with Crippen LogP contribution in [0.15, 0.2) is 23.0 Å². The minimum Gasteiger partial charge on any atom is -0.347 e. The van der Waals surface area contributed by atoms with Gasteiger partial charge >= 0.3 is 0 Å². The van der Waals surface area contributed by atoms with E-state index in [1.165, 1.54) is 19.5 Å². The topological polar surface area (TPSA) is 45.2 Å². The Kier molecular flexibility index (Phi) is 2.97. The molecule has 4 rings (SSSR count). The zero-order valence-electron chi connectivity index (χ0n) is 11.2. The molecule has 2 bridgehead atoms. The summed E-state index contributed by atoms with van der Waals surface area (Å²) in [6.07, 6.45) is 4.18. The zero-order chi connectivity index (χ0) is 13.5. The molecule has 0 radical (unpaired) electrons. The van der Waals surface area contributed by atoms with Crippen molar-refractivity contribution in [2.24, 2.45) is 5.92 Å². The second kappa shape index (κ2) is 4.82. The molecule has 2 fully saturated rings. The van der Waals surface area contributed by atoms with Gasteiger partial charge in [0.15, 0.2) is 0 Å². The predicted molar refractivity (Wildman–Crippen MR) is 80.0 cm³/mol. The fraction of sp³-hybridized carbons (Fsp3) is 0.467. The number of nitrogens with one attached hydrogen (secondary N) is 1. The van der Waals surface area contributed by atoms with Gasteiger partial charge in [0.1, 0.15) is 5.69 Å². The molecule has 0 saturated carbocycles. The summed E-state index contributed by atoms with van der Waals surface area (Å²) in [5.74, 6) is 0.729. The molecule has 1 N–H and O–H groups in total. The number of rotatable bonds is 2. The van der Waals surface area contributed by atoms with Crippen LogP contribution in [-0.2, 0) is 0 Å². The highest BCUT2D eigenvalue weighted by molar-refractivity contribution is 7.09. The summed E-state index contributed by atoms with van der Waals surface area (Å²) in [7, 11) is 0. The van der Waals surface area contributed by atoms with E-state index in [9.17, 15) is 4.79 Å². The van der Waals surface area contributed by atoms with E-state index in [1.807, 2.05) is 6.07 Å². The quantitative estimate of drug-likeness (QED) is 0.920. The maximum atomic E-state index is 12.3. The van der Waals surface area contributed by atoms with Gasteiger partial charge in [0, 0.05) is 36.1 Å². The third-order valence-electron chi connectivity index (χ3n) is 4.39. The molecule has 2 aromatic heterocycles. The molecule has 4 heterocycles. The molecule has 0 aliphatic carbocycles. The monoisotopic (exact) mass is 287 g/mol. The summed E-state index contributed by atoms with van der Waals surface area (Å²) in [4.78, 5) is 19.1. The van der Waals surface area contributed by atoms with E-state index in [0.717, 1.165) is 29.7 Å². The highest BCUT2D eigenvalue weighted by Crippen LogP contribution is 2.27.